The van der Waals surface area contributed by atoms with Gasteiger partial charge in [-0.3, -0.25) is 4.90 Å². The van der Waals surface area contributed by atoms with Crippen LogP contribution in [0.2, 0.25) is 0 Å². The Bertz CT molecular complexity index is 283. The van der Waals surface area contributed by atoms with Gasteiger partial charge in [-0.25, -0.2) is 0 Å². The molecule has 3 aliphatic rings. The van der Waals surface area contributed by atoms with Crippen molar-refractivity contribution in [2.45, 2.75) is 70.9 Å². The Morgan fingerprint density at radius 3 is 2.42 bits per heavy atom. The van der Waals surface area contributed by atoms with Crippen LogP contribution in [-0.4, -0.2) is 36.6 Å². The Labute approximate surface area is 119 Å². The second-order valence-corrected chi connectivity index (χ2v) is 7.54. The maximum Gasteiger partial charge on any atom is 0.0198 e. The highest BCUT2D eigenvalue weighted by atomic mass is 15.2. The molecule has 0 spiro atoms. The van der Waals surface area contributed by atoms with E-state index in [0.717, 1.165) is 29.8 Å². The molecular weight excluding hydrogens is 232 g/mol. The van der Waals surface area contributed by atoms with Crippen LogP contribution < -0.4 is 5.32 Å². The maximum atomic E-state index is 3.87. The fourth-order valence-electron chi connectivity index (χ4n) is 3.66. The highest BCUT2D eigenvalue weighted by Gasteiger charge is 2.33. The van der Waals surface area contributed by atoms with Crippen LogP contribution in [0.15, 0.2) is 0 Å². The largest absolute Gasteiger partial charge is 0.312 e. The molecule has 1 heterocycles. The third-order valence-corrected chi connectivity index (χ3v) is 5.54. The molecule has 2 nitrogen and oxygen atoms in total. The molecule has 0 amide bonds. The summed E-state index contributed by atoms with van der Waals surface area (Å²) in [4.78, 5) is 2.76. The number of likely N-dealkylation sites (tertiary alicyclic amines) is 1. The van der Waals surface area contributed by atoms with Gasteiger partial charge in [-0.05, 0) is 63.3 Å². The van der Waals surface area contributed by atoms with Gasteiger partial charge < -0.3 is 5.32 Å². The Kier molecular flexibility index (Phi) is 4.48. The molecule has 3 rings (SSSR count). The Balaban J connectivity index is 1.51. The molecule has 1 aliphatic heterocycles. The van der Waals surface area contributed by atoms with Gasteiger partial charge in [0.25, 0.3) is 0 Å². The highest BCUT2D eigenvalue weighted by molar-refractivity contribution is 4.89. The van der Waals surface area contributed by atoms with E-state index in [9.17, 15) is 0 Å². The van der Waals surface area contributed by atoms with Crippen molar-refractivity contribution in [3.05, 3.63) is 0 Å². The monoisotopic (exact) mass is 264 g/mol. The molecule has 3 atom stereocenters. The van der Waals surface area contributed by atoms with Crippen LogP contribution in [0.25, 0.3) is 0 Å². The van der Waals surface area contributed by atoms with E-state index in [1.54, 1.807) is 0 Å². The Morgan fingerprint density at radius 1 is 1.05 bits per heavy atom. The average Bonchev–Trinajstić information content (AvgIpc) is 3.29. The first kappa shape index (κ1) is 13.9. The van der Waals surface area contributed by atoms with E-state index in [1.165, 1.54) is 64.6 Å². The standard InChI is InChI=1S/C17H32N2/c1-3-13(2)19-11-16(8-14-4-5-14)9-17(12-19)18-10-15-6-7-15/h13-18H,3-12H2,1-2H3. The lowest BCUT2D eigenvalue weighted by Gasteiger charge is -2.41. The summed E-state index contributed by atoms with van der Waals surface area (Å²) < 4.78 is 0. The van der Waals surface area contributed by atoms with E-state index in [1.807, 2.05) is 0 Å². The molecule has 1 saturated heterocycles. The number of piperidine rings is 1. The van der Waals surface area contributed by atoms with Crippen LogP contribution in [0.1, 0.15) is 58.8 Å². The van der Waals surface area contributed by atoms with Crippen molar-refractivity contribution in [2.24, 2.45) is 17.8 Å². The van der Waals surface area contributed by atoms with E-state index in [0.29, 0.717) is 0 Å². The number of rotatable bonds is 7. The molecule has 3 fully saturated rings. The average molecular weight is 264 g/mol. The fourth-order valence-corrected chi connectivity index (χ4v) is 3.66. The van der Waals surface area contributed by atoms with Gasteiger partial charge in [-0.1, -0.05) is 19.8 Å². The molecule has 0 aromatic carbocycles. The lowest BCUT2D eigenvalue weighted by Crippen LogP contribution is -2.52. The van der Waals surface area contributed by atoms with Crippen LogP contribution in [-0.2, 0) is 0 Å². The number of nitrogens with zero attached hydrogens (tertiary/aromatic N) is 1. The zero-order valence-electron chi connectivity index (χ0n) is 12.9. The minimum absolute atomic E-state index is 0.770. The lowest BCUT2D eigenvalue weighted by atomic mass is 9.88. The van der Waals surface area contributed by atoms with Gasteiger partial charge >= 0.3 is 0 Å². The zero-order valence-corrected chi connectivity index (χ0v) is 12.9. The van der Waals surface area contributed by atoms with Gasteiger partial charge in [0.2, 0.25) is 0 Å². The summed E-state index contributed by atoms with van der Waals surface area (Å²) in [6.45, 7) is 8.70. The quantitative estimate of drug-likeness (QED) is 0.759. The van der Waals surface area contributed by atoms with Crippen molar-refractivity contribution < 1.29 is 0 Å². The Hall–Kier alpha value is -0.0800. The van der Waals surface area contributed by atoms with Crippen molar-refractivity contribution in [3.63, 3.8) is 0 Å². The smallest absolute Gasteiger partial charge is 0.0198 e. The number of hydrogen-bond donors (Lipinski definition) is 1. The van der Waals surface area contributed by atoms with Crippen molar-refractivity contribution >= 4 is 0 Å². The molecule has 2 heteroatoms. The van der Waals surface area contributed by atoms with Gasteiger partial charge in [0.15, 0.2) is 0 Å². The molecule has 1 N–H and O–H groups in total. The summed E-state index contributed by atoms with van der Waals surface area (Å²) in [5, 5.41) is 3.87. The summed E-state index contributed by atoms with van der Waals surface area (Å²) in [5.41, 5.74) is 0. The maximum absolute atomic E-state index is 3.87. The van der Waals surface area contributed by atoms with E-state index in [-0.39, 0.29) is 0 Å². The molecule has 110 valence electrons. The molecule has 0 bridgehead atoms. The van der Waals surface area contributed by atoms with E-state index in [2.05, 4.69) is 24.1 Å². The van der Waals surface area contributed by atoms with Crippen LogP contribution in [0.4, 0.5) is 0 Å². The van der Waals surface area contributed by atoms with Crippen LogP contribution in [0.3, 0.4) is 0 Å². The normalized spacial score (nSPS) is 34.4. The van der Waals surface area contributed by atoms with E-state index >= 15 is 0 Å². The van der Waals surface area contributed by atoms with Gasteiger partial charge in [-0.15, -0.1) is 0 Å². The van der Waals surface area contributed by atoms with Crippen molar-refractivity contribution in [2.75, 3.05) is 19.6 Å². The van der Waals surface area contributed by atoms with Gasteiger partial charge in [-0.2, -0.15) is 0 Å². The van der Waals surface area contributed by atoms with Gasteiger partial charge in [0, 0.05) is 25.2 Å². The first-order valence-electron chi connectivity index (χ1n) is 8.72. The lowest BCUT2D eigenvalue weighted by molar-refractivity contribution is 0.0957. The van der Waals surface area contributed by atoms with Crippen molar-refractivity contribution in [3.8, 4) is 0 Å². The van der Waals surface area contributed by atoms with Crippen LogP contribution in [0, 0.1) is 17.8 Å². The molecule has 19 heavy (non-hydrogen) atoms. The molecule has 0 aromatic rings. The molecule has 2 saturated carbocycles. The summed E-state index contributed by atoms with van der Waals surface area (Å²) in [5.74, 6) is 3.07. The van der Waals surface area contributed by atoms with Crippen molar-refractivity contribution in [1.82, 2.24) is 10.2 Å². The fraction of sp³-hybridized carbons (Fsp3) is 1.00. The zero-order chi connectivity index (χ0) is 13.2. The van der Waals surface area contributed by atoms with Crippen LogP contribution >= 0.6 is 0 Å². The summed E-state index contributed by atoms with van der Waals surface area (Å²) in [6.07, 6.45) is 10.2. The van der Waals surface area contributed by atoms with E-state index < -0.39 is 0 Å². The van der Waals surface area contributed by atoms with Gasteiger partial charge in [0.05, 0.1) is 0 Å². The topological polar surface area (TPSA) is 15.3 Å². The molecule has 0 radical (unpaired) electrons. The number of nitrogens with one attached hydrogen (secondary N) is 1. The first-order chi connectivity index (χ1) is 9.24. The predicted molar refractivity (Wildman–Crippen MR) is 81.3 cm³/mol. The highest BCUT2D eigenvalue weighted by Crippen LogP contribution is 2.38. The second kappa shape index (κ2) is 6.13. The Morgan fingerprint density at radius 2 is 1.79 bits per heavy atom. The van der Waals surface area contributed by atoms with Crippen molar-refractivity contribution in [1.29, 1.82) is 0 Å². The molecule has 2 aliphatic carbocycles. The second-order valence-electron chi connectivity index (χ2n) is 7.54. The third-order valence-electron chi connectivity index (χ3n) is 5.54. The number of hydrogen-bond acceptors (Lipinski definition) is 2. The van der Waals surface area contributed by atoms with Crippen LogP contribution in [0.5, 0.6) is 0 Å². The summed E-state index contributed by atoms with van der Waals surface area (Å²) in [6, 6.07) is 1.54. The minimum Gasteiger partial charge on any atom is -0.312 e. The molecule has 0 aromatic heterocycles. The summed E-state index contributed by atoms with van der Waals surface area (Å²) in [7, 11) is 0. The first-order valence-corrected chi connectivity index (χ1v) is 8.72. The van der Waals surface area contributed by atoms with Gasteiger partial charge in [0.1, 0.15) is 0 Å². The SMILES string of the molecule is CCC(C)N1CC(CC2CC2)CC(NCC2CC2)C1. The minimum atomic E-state index is 0.770. The molecule has 3 unspecified atom stereocenters. The third kappa shape index (κ3) is 4.19. The summed E-state index contributed by atoms with van der Waals surface area (Å²) >= 11 is 0. The molecular formula is C17H32N2. The predicted octanol–water partition coefficient (Wildman–Crippen LogP) is 3.28. The van der Waals surface area contributed by atoms with E-state index in [4.69, 9.17) is 0 Å².